The first kappa shape index (κ1) is 18.1. The zero-order valence-electron chi connectivity index (χ0n) is 13.6. The number of sulfonamides is 1. The Labute approximate surface area is 137 Å². The summed E-state index contributed by atoms with van der Waals surface area (Å²) >= 11 is 0. The maximum absolute atomic E-state index is 11.4. The van der Waals surface area contributed by atoms with Gasteiger partial charge < -0.3 is 4.90 Å². The van der Waals surface area contributed by atoms with Crippen molar-refractivity contribution >= 4 is 21.8 Å². The van der Waals surface area contributed by atoms with E-state index in [-0.39, 0.29) is 11.8 Å². The van der Waals surface area contributed by atoms with Crippen molar-refractivity contribution in [3.05, 3.63) is 11.6 Å². The van der Waals surface area contributed by atoms with E-state index in [9.17, 15) is 18.0 Å². The number of hydrogen-bond donors (Lipinski definition) is 1. The molecule has 0 aromatic rings. The highest BCUT2D eigenvalue weighted by Gasteiger charge is 2.23. The maximum Gasteiger partial charge on any atom is 0.254 e. The average molecular weight is 343 g/mol. The molecule has 0 atom stereocenters. The quantitative estimate of drug-likeness (QED) is 0.499. The summed E-state index contributed by atoms with van der Waals surface area (Å²) in [5.41, 5.74) is 0.590. The third-order valence-corrected chi connectivity index (χ3v) is 5.61. The number of imide groups is 1. The second-order valence-electron chi connectivity index (χ2n) is 6.16. The first-order valence-corrected chi connectivity index (χ1v) is 9.94. The Bertz CT molecular complexity index is 578. The van der Waals surface area contributed by atoms with Crippen LogP contribution in [0.2, 0.25) is 0 Å². The molecule has 8 heteroatoms. The fraction of sp³-hybridized carbons (Fsp3) is 0.733. The first-order chi connectivity index (χ1) is 10.9. The molecule has 2 rings (SSSR count). The molecule has 0 saturated carbocycles. The molecule has 2 heterocycles. The number of hydrogen-bond acceptors (Lipinski definition) is 5. The molecule has 2 aliphatic rings. The Hall–Kier alpha value is -1.25. The third kappa shape index (κ3) is 5.71. The molecule has 0 bridgehead atoms. The maximum atomic E-state index is 11.4. The second kappa shape index (κ2) is 8.03. The predicted octanol–water partition coefficient (Wildman–Crippen LogP) is 0.0969. The minimum absolute atomic E-state index is 0.251. The van der Waals surface area contributed by atoms with E-state index in [1.165, 1.54) is 16.6 Å². The standard InChI is InChI=1S/C15H25N3O4S/c1-23(21,22)18-10-8-17(9-11-18)7-5-3-2-4-6-13-12-14(19)16-15(13)20/h12H,2-11H2,1H3,(H,16,19,20). The van der Waals surface area contributed by atoms with Crippen molar-refractivity contribution in [2.45, 2.75) is 32.1 Å². The number of piperazine rings is 1. The Balaban J connectivity index is 1.53. The van der Waals surface area contributed by atoms with Crippen molar-refractivity contribution in [3.63, 3.8) is 0 Å². The minimum atomic E-state index is -3.05. The summed E-state index contributed by atoms with van der Waals surface area (Å²) < 4.78 is 24.4. The molecule has 0 spiro atoms. The van der Waals surface area contributed by atoms with E-state index in [1.807, 2.05) is 0 Å². The third-order valence-electron chi connectivity index (χ3n) is 4.30. The molecule has 0 unspecified atom stereocenters. The van der Waals surface area contributed by atoms with E-state index in [2.05, 4.69) is 10.2 Å². The van der Waals surface area contributed by atoms with Gasteiger partial charge in [0.25, 0.3) is 11.8 Å². The summed E-state index contributed by atoms with van der Waals surface area (Å²) in [6.07, 6.45) is 7.40. The Kier molecular flexibility index (Phi) is 6.32. The van der Waals surface area contributed by atoms with Crippen LogP contribution in [-0.4, -0.2) is 68.4 Å². The summed E-state index contributed by atoms with van der Waals surface area (Å²) in [5, 5.41) is 2.25. The van der Waals surface area contributed by atoms with Gasteiger partial charge in [0, 0.05) is 37.8 Å². The molecule has 0 aromatic carbocycles. The van der Waals surface area contributed by atoms with Gasteiger partial charge >= 0.3 is 0 Å². The van der Waals surface area contributed by atoms with Crippen LogP contribution in [0.1, 0.15) is 32.1 Å². The zero-order valence-corrected chi connectivity index (χ0v) is 14.4. The number of rotatable bonds is 8. The van der Waals surface area contributed by atoms with Crippen LogP contribution < -0.4 is 5.32 Å². The summed E-state index contributed by atoms with van der Waals surface area (Å²) in [5.74, 6) is -0.558. The van der Waals surface area contributed by atoms with Gasteiger partial charge in [-0.3, -0.25) is 14.9 Å². The van der Waals surface area contributed by atoms with Gasteiger partial charge in [-0.15, -0.1) is 0 Å². The highest BCUT2D eigenvalue weighted by molar-refractivity contribution is 7.88. The minimum Gasteiger partial charge on any atom is -0.301 e. The molecule has 2 aliphatic heterocycles. The van der Waals surface area contributed by atoms with Gasteiger partial charge in [-0.25, -0.2) is 8.42 Å². The van der Waals surface area contributed by atoms with Crippen LogP contribution >= 0.6 is 0 Å². The molecule has 2 amide bonds. The number of carbonyl (C=O) groups is 2. The van der Waals surface area contributed by atoms with Gasteiger partial charge in [0.05, 0.1) is 6.26 Å². The smallest absolute Gasteiger partial charge is 0.254 e. The van der Waals surface area contributed by atoms with Crippen LogP contribution in [0.3, 0.4) is 0 Å². The van der Waals surface area contributed by atoms with E-state index in [1.54, 1.807) is 0 Å². The number of carbonyl (C=O) groups excluding carboxylic acids is 2. The number of amides is 2. The number of unbranched alkanes of at least 4 members (excludes halogenated alkanes) is 3. The molecule has 7 nitrogen and oxygen atoms in total. The lowest BCUT2D eigenvalue weighted by molar-refractivity contribution is -0.123. The van der Waals surface area contributed by atoms with E-state index >= 15 is 0 Å². The lowest BCUT2D eigenvalue weighted by Gasteiger charge is -2.33. The topological polar surface area (TPSA) is 86.8 Å². The molecule has 130 valence electrons. The van der Waals surface area contributed by atoms with Gasteiger partial charge in [0.15, 0.2) is 0 Å². The Morgan fingerprint density at radius 1 is 1.04 bits per heavy atom. The number of nitrogens with zero attached hydrogens (tertiary/aromatic N) is 2. The summed E-state index contributed by atoms with van der Waals surface area (Å²) in [6.45, 7) is 3.73. The van der Waals surface area contributed by atoms with Crippen LogP contribution in [0.5, 0.6) is 0 Å². The zero-order chi connectivity index (χ0) is 16.9. The van der Waals surface area contributed by atoms with Crippen molar-refractivity contribution in [2.75, 3.05) is 39.0 Å². The predicted molar refractivity (Wildman–Crippen MR) is 87.2 cm³/mol. The fourth-order valence-corrected chi connectivity index (χ4v) is 3.75. The Morgan fingerprint density at radius 3 is 2.26 bits per heavy atom. The van der Waals surface area contributed by atoms with E-state index in [0.717, 1.165) is 45.3 Å². The molecule has 0 aromatic heterocycles. The van der Waals surface area contributed by atoms with Crippen molar-refractivity contribution in [3.8, 4) is 0 Å². The van der Waals surface area contributed by atoms with Gasteiger partial charge in [-0.2, -0.15) is 4.31 Å². The van der Waals surface area contributed by atoms with Crippen LogP contribution in [0.15, 0.2) is 11.6 Å². The summed E-state index contributed by atoms with van der Waals surface area (Å²) in [7, 11) is -3.05. The highest BCUT2D eigenvalue weighted by Crippen LogP contribution is 2.14. The van der Waals surface area contributed by atoms with E-state index < -0.39 is 10.0 Å². The highest BCUT2D eigenvalue weighted by atomic mass is 32.2. The van der Waals surface area contributed by atoms with Crippen LogP contribution in [0.4, 0.5) is 0 Å². The summed E-state index contributed by atoms with van der Waals surface area (Å²) in [4.78, 5) is 24.7. The lowest BCUT2D eigenvalue weighted by atomic mass is 10.1. The first-order valence-electron chi connectivity index (χ1n) is 8.09. The van der Waals surface area contributed by atoms with Crippen molar-refractivity contribution in [1.82, 2.24) is 14.5 Å². The monoisotopic (exact) mass is 343 g/mol. The molecular formula is C15H25N3O4S. The molecule has 1 N–H and O–H groups in total. The largest absolute Gasteiger partial charge is 0.301 e. The SMILES string of the molecule is CS(=O)(=O)N1CCN(CCCCCCC2=CC(=O)NC2=O)CC1. The van der Waals surface area contributed by atoms with E-state index in [4.69, 9.17) is 0 Å². The van der Waals surface area contributed by atoms with Crippen LogP contribution in [-0.2, 0) is 19.6 Å². The number of nitrogens with one attached hydrogen (secondary N) is 1. The lowest BCUT2D eigenvalue weighted by Crippen LogP contribution is -2.48. The van der Waals surface area contributed by atoms with Crippen molar-refractivity contribution in [2.24, 2.45) is 0 Å². The summed E-state index contributed by atoms with van der Waals surface area (Å²) in [6, 6.07) is 0. The van der Waals surface area contributed by atoms with Gasteiger partial charge in [0.1, 0.15) is 0 Å². The van der Waals surface area contributed by atoms with Crippen molar-refractivity contribution in [1.29, 1.82) is 0 Å². The average Bonchev–Trinajstić information content (AvgIpc) is 2.80. The normalized spacial score (nSPS) is 20.7. The molecule has 0 aliphatic carbocycles. The van der Waals surface area contributed by atoms with Crippen LogP contribution in [0.25, 0.3) is 0 Å². The van der Waals surface area contributed by atoms with Gasteiger partial charge in [-0.1, -0.05) is 12.8 Å². The van der Waals surface area contributed by atoms with Gasteiger partial charge in [0.2, 0.25) is 10.0 Å². The molecule has 1 saturated heterocycles. The fourth-order valence-electron chi connectivity index (χ4n) is 2.93. The molecule has 1 fully saturated rings. The second-order valence-corrected chi connectivity index (χ2v) is 8.14. The molecule has 0 radical (unpaired) electrons. The van der Waals surface area contributed by atoms with Gasteiger partial charge in [-0.05, 0) is 25.8 Å². The van der Waals surface area contributed by atoms with Crippen molar-refractivity contribution < 1.29 is 18.0 Å². The Morgan fingerprint density at radius 2 is 1.70 bits per heavy atom. The van der Waals surface area contributed by atoms with Crippen LogP contribution in [0, 0.1) is 0 Å². The van der Waals surface area contributed by atoms with E-state index in [0.29, 0.717) is 25.1 Å². The molecule has 23 heavy (non-hydrogen) atoms. The molecular weight excluding hydrogens is 318 g/mol.